The van der Waals surface area contributed by atoms with Crippen LogP contribution in [0.5, 0.6) is 11.5 Å². The number of rotatable bonds is 5. The molecule has 0 spiro atoms. The monoisotopic (exact) mass is 483 g/mol. The van der Waals surface area contributed by atoms with Crippen LogP contribution in [-0.4, -0.2) is 69.5 Å². The summed E-state index contributed by atoms with van der Waals surface area (Å²) in [5.74, 6) is 0.341. The van der Waals surface area contributed by atoms with Crippen LogP contribution in [0.3, 0.4) is 0 Å². The van der Waals surface area contributed by atoms with E-state index in [4.69, 9.17) is 21.1 Å². The van der Waals surface area contributed by atoms with Crippen LogP contribution in [0.4, 0.5) is 10.1 Å². The van der Waals surface area contributed by atoms with Crippen molar-refractivity contribution in [3.05, 3.63) is 47.2 Å². The number of benzene rings is 2. The first-order chi connectivity index (χ1) is 15.3. The highest BCUT2D eigenvalue weighted by molar-refractivity contribution is 7.89. The molecular weight excluding hydrogens is 461 g/mol. The van der Waals surface area contributed by atoms with Crippen molar-refractivity contribution in [1.29, 1.82) is 0 Å². The molecule has 2 aromatic rings. The van der Waals surface area contributed by atoms with Gasteiger partial charge in [-0.1, -0.05) is 17.7 Å². The first-order valence-electron chi connectivity index (χ1n) is 10.2. The van der Waals surface area contributed by atoms with Crippen molar-refractivity contribution >= 4 is 33.2 Å². The zero-order valence-electron chi connectivity index (χ0n) is 17.2. The summed E-state index contributed by atoms with van der Waals surface area (Å²) in [5.41, 5.74) is 0.552. The van der Waals surface area contributed by atoms with Crippen LogP contribution in [0, 0.1) is 5.82 Å². The highest BCUT2D eigenvalue weighted by Crippen LogP contribution is 2.37. The van der Waals surface area contributed by atoms with Crippen molar-refractivity contribution in [2.24, 2.45) is 0 Å². The number of fused-ring (bicyclic) bond motifs is 1. The van der Waals surface area contributed by atoms with Gasteiger partial charge in [-0.05, 0) is 18.2 Å². The van der Waals surface area contributed by atoms with Crippen molar-refractivity contribution < 1.29 is 27.1 Å². The van der Waals surface area contributed by atoms with Gasteiger partial charge < -0.3 is 19.7 Å². The molecule has 1 saturated heterocycles. The van der Waals surface area contributed by atoms with E-state index in [1.165, 1.54) is 22.5 Å². The number of carbonyl (C=O) groups excluding carboxylic acids is 1. The Bertz CT molecular complexity index is 1110. The van der Waals surface area contributed by atoms with Crippen LogP contribution in [0.25, 0.3) is 0 Å². The standard InChI is InChI=1S/C21H23ClFN3O5S/c22-17-12-19-20(31-10-2-9-30-19)13-18(17)24-14-21(27)25-5-7-26(8-6-25)32(28,29)16-4-1-3-15(23)11-16/h1,3-4,11-13,24H,2,5-10,14H2. The Morgan fingerprint density at radius 1 is 1.06 bits per heavy atom. The van der Waals surface area contributed by atoms with Gasteiger partial charge in [-0.15, -0.1) is 0 Å². The smallest absolute Gasteiger partial charge is 0.243 e. The molecule has 4 rings (SSSR count). The number of halogens is 2. The second-order valence-electron chi connectivity index (χ2n) is 7.43. The Labute approximate surface area is 190 Å². The normalized spacial score (nSPS) is 17.0. The summed E-state index contributed by atoms with van der Waals surface area (Å²) < 4.78 is 51.4. The first kappa shape index (κ1) is 22.6. The van der Waals surface area contributed by atoms with Gasteiger partial charge in [0.2, 0.25) is 15.9 Å². The highest BCUT2D eigenvalue weighted by Gasteiger charge is 2.30. The fourth-order valence-corrected chi connectivity index (χ4v) is 5.23. The Kier molecular flexibility index (Phi) is 6.73. The molecule has 2 aliphatic heterocycles. The van der Waals surface area contributed by atoms with Gasteiger partial charge in [-0.25, -0.2) is 12.8 Å². The molecule has 1 amide bonds. The summed E-state index contributed by atoms with van der Waals surface area (Å²) in [4.78, 5) is 14.1. The summed E-state index contributed by atoms with van der Waals surface area (Å²) in [6, 6.07) is 8.27. The van der Waals surface area contributed by atoms with Crippen LogP contribution in [0.1, 0.15) is 6.42 Å². The first-order valence-corrected chi connectivity index (χ1v) is 12.0. The summed E-state index contributed by atoms with van der Waals surface area (Å²) in [7, 11) is -3.81. The van der Waals surface area contributed by atoms with Crippen LogP contribution in [0.15, 0.2) is 41.3 Å². The summed E-state index contributed by atoms with van der Waals surface area (Å²) in [6.45, 7) is 1.83. The highest BCUT2D eigenvalue weighted by atomic mass is 35.5. The zero-order chi connectivity index (χ0) is 22.7. The van der Waals surface area contributed by atoms with E-state index < -0.39 is 15.8 Å². The van der Waals surface area contributed by atoms with Crippen LogP contribution < -0.4 is 14.8 Å². The number of hydrogen-bond acceptors (Lipinski definition) is 6. The van der Waals surface area contributed by atoms with E-state index >= 15 is 0 Å². The molecule has 2 aliphatic rings. The second-order valence-corrected chi connectivity index (χ2v) is 9.77. The molecule has 0 aliphatic carbocycles. The average molecular weight is 484 g/mol. The van der Waals surface area contributed by atoms with Crippen molar-refractivity contribution in [2.45, 2.75) is 11.3 Å². The van der Waals surface area contributed by atoms with Gasteiger partial charge in [0.15, 0.2) is 11.5 Å². The molecule has 8 nitrogen and oxygen atoms in total. The summed E-state index contributed by atoms with van der Waals surface area (Å²) in [5, 5.41) is 3.43. The number of ether oxygens (including phenoxy) is 2. The van der Waals surface area contributed by atoms with E-state index in [-0.39, 0.29) is 43.5 Å². The third-order valence-electron chi connectivity index (χ3n) is 5.29. The number of nitrogens with one attached hydrogen (secondary N) is 1. The van der Waals surface area contributed by atoms with E-state index in [2.05, 4.69) is 5.32 Å². The molecule has 0 atom stereocenters. The topological polar surface area (TPSA) is 88.2 Å². The fraction of sp³-hybridized carbons (Fsp3) is 0.381. The van der Waals surface area contributed by atoms with E-state index in [0.29, 0.717) is 35.4 Å². The minimum Gasteiger partial charge on any atom is -0.490 e. The van der Waals surface area contributed by atoms with Crippen LogP contribution in [0.2, 0.25) is 5.02 Å². The van der Waals surface area contributed by atoms with Crippen LogP contribution >= 0.6 is 11.6 Å². The second kappa shape index (κ2) is 9.51. The molecule has 32 heavy (non-hydrogen) atoms. The lowest BCUT2D eigenvalue weighted by Gasteiger charge is -2.34. The quantitative estimate of drug-likeness (QED) is 0.703. The molecule has 1 fully saturated rings. The van der Waals surface area contributed by atoms with Crippen molar-refractivity contribution in [2.75, 3.05) is 51.3 Å². The number of piperazine rings is 1. The third kappa shape index (κ3) is 4.92. The molecular formula is C21H23ClFN3O5S. The van der Waals surface area contributed by atoms with Gasteiger partial charge in [0.25, 0.3) is 0 Å². The van der Waals surface area contributed by atoms with Crippen molar-refractivity contribution in [3.63, 3.8) is 0 Å². The zero-order valence-corrected chi connectivity index (χ0v) is 18.8. The minimum atomic E-state index is -3.81. The number of anilines is 1. The van der Waals surface area contributed by atoms with Crippen molar-refractivity contribution in [3.8, 4) is 11.5 Å². The predicted molar refractivity (Wildman–Crippen MR) is 117 cm³/mol. The largest absolute Gasteiger partial charge is 0.490 e. The maximum Gasteiger partial charge on any atom is 0.243 e. The van der Waals surface area contributed by atoms with Gasteiger partial charge in [0.1, 0.15) is 5.82 Å². The van der Waals surface area contributed by atoms with Gasteiger partial charge in [0.05, 0.1) is 35.4 Å². The van der Waals surface area contributed by atoms with E-state index in [9.17, 15) is 17.6 Å². The molecule has 0 aromatic heterocycles. The Morgan fingerprint density at radius 3 is 2.44 bits per heavy atom. The SMILES string of the molecule is O=C(CNc1cc2c(cc1Cl)OCCCO2)N1CCN(S(=O)(=O)c2cccc(F)c2)CC1. The molecule has 0 bridgehead atoms. The Balaban J connectivity index is 1.34. The average Bonchev–Trinajstić information content (AvgIpc) is 3.02. The lowest BCUT2D eigenvalue weighted by molar-refractivity contribution is -0.130. The minimum absolute atomic E-state index is 0.00396. The van der Waals surface area contributed by atoms with E-state index in [1.54, 1.807) is 17.0 Å². The number of hydrogen-bond donors (Lipinski definition) is 1. The number of amides is 1. The number of carbonyl (C=O) groups is 1. The summed E-state index contributed by atoms with van der Waals surface area (Å²) in [6.07, 6.45) is 0.772. The maximum atomic E-state index is 13.4. The Hall–Kier alpha value is -2.56. The van der Waals surface area contributed by atoms with Gasteiger partial charge in [0, 0.05) is 44.7 Å². The molecule has 2 aromatic carbocycles. The molecule has 1 N–H and O–H groups in total. The lowest BCUT2D eigenvalue weighted by atomic mass is 10.2. The summed E-state index contributed by atoms with van der Waals surface area (Å²) >= 11 is 6.30. The molecule has 0 radical (unpaired) electrons. The molecule has 172 valence electrons. The molecule has 2 heterocycles. The van der Waals surface area contributed by atoms with Gasteiger partial charge >= 0.3 is 0 Å². The number of nitrogens with zero attached hydrogens (tertiary/aromatic N) is 2. The number of sulfonamides is 1. The van der Waals surface area contributed by atoms with Gasteiger partial charge in [-0.2, -0.15) is 4.31 Å². The fourth-order valence-electron chi connectivity index (χ4n) is 3.56. The van der Waals surface area contributed by atoms with E-state index in [1.807, 2.05) is 0 Å². The van der Waals surface area contributed by atoms with Crippen LogP contribution in [-0.2, 0) is 14.8 Å². The van der Waals surface area contributed by atoms with Crippen molar-refractivity contribution in [1.82, 2.24) is 9.21 Å². The Morgan fingerprint density at radius 2 is 1.75 bits per heavy atom. The van der Waals surface area contributed by atoms with E-state index in [0.717, 1.165) is 12.5 Å². The lowest BCUT2D eigenvalue weighted by Crippen LogP contribution is -2.51. The molecule has 0 saturated carbocycles. The third-order valence-corrected chi connectivity index (χ3v) is 7.50. The molecule has 0 unspecified atom stereocenters. The molecule has 11 heteroatoms. The maximum absolute atomic E-state index is 13.4. The predicted octanol–water partition coefficient (Wildman–Crippen LogP) is 2.59. The van der Waals surface area contributed by atoms with Gasteiger partial charge in [-0.3, -0.25) is 4.79 Å².